The quantitative estimate of drug-likeness (QED) is 0.589. The highest BCUT2D eigenvalue weighted by Gasteiger charge is 2.13. The minimum absolute atomic E-state index is 0.387. The lowest BCUT2D eigenvalue weighted by Gasteiger charge is -2.12. The molecule has 0 heterocycles. The van der Waals surface area contributed by atoms with Crippen molar-refractivity contribution < 1.29 is 15.0 Å². The van der Waals surface area contributed by atoms with E-state index >= 15 is 0 Å². The number of rotatable bonds is 7. The molecule has 0 saturated heterocycles. The number of hydrogen-bond acceptors (Lipinski definition) is 4. The van der Waals surface area contributed by atoms with Gasteiger partial charge < -0.3 is 20.4 Å². The number of carboxylic acids is 1. The van der Waals surface area contributed by atoms with Crippen molar-refractivity contribution in [1.82, 2.24) is 10.2 Å². The molecular weight excluding hydrogens is 220 g/mol. The SMILES string of the molecule is CC.CNC(CCCCN(C)C)C(=O)O.CO. The summed E-state index contributed by atoms with van der Waals surface area (Å²) in [5, 5.41) is 18.5. The van der Waals surface area contributed by atoms with Gasteiger partial charge in [-0.05, 0) is 40.5 Å². The minimum atomic E-state index is -0.757. The molecule has 0 aliphatic heterocycles. The fourth-order valence-corrected chi connectivity index (χ4v) is 1.17. The summed E-state index contributed by atoms with van der Waals surface area (Å²) >= 11 is 0. The van der Waals surface area contributed by atoms with Crippen molar-refractivity contribution in [2.24, 2.45) is 0 Å². The van der Waals surface area contributed by atoms with Crippen LogP contribution < -0.4 is 5.32 Å². The van der Waals surface area contributed by atoms with Crippen LogP contribution in [0.2, 0.25) is 0 Å². The topological polar surface area (TPSA) is 72.8 Å². The summed E-state index contributed by atoms with van der Waals surface area (Å²) < 4.78 is 0. The van der Waals surface area contributed by atoms with E-state index in [9.17, 15) is 4.79 Å². The summed E-state index contributed by atoms with van der Waals surface area (Å²) in [6.45, 7) is 5.02. The first-order chi connectivity index (χ1) is 8.07. The second kappa shape index (κ2) is 17.7. The summed E-state index contributed by atoms with van der Waals surface area (Å²) in [6, 6.07) is -0.387. The number of carbonyl (C=O) groups is 1. The van der Waals surface area contributed by atoms with E-state index in [-0.39, 0.29) is 6.04 Å². The van der Waals surface area contributed by atoms with Crippen LogP contribution in [-0.2, 0) is 4.79 Å². The number of hydrogen-bond donors (Lipinski definition) is 3. The molecule has 0 spiro atoms. The number of nitrogens with one attached hydrogen (secondary N) is 1. The predicted octanol–water partition coefficient (Wildman–Crippen LogP) is 1.03. The number of aliphatic hydroxyl groups excluding tert-OH is 1. The molecule has 0 aromatic heterocycles. The molecule has 5 nitrogen and oxygen atoms in total. The average molecular weight is 250 g/mol. The number of carboxylic acid groups (broad SMARTS) is 1. The van der Waals surface area contributed by atoms with Crippen LogP contribution in [0.25, 0.3) is 0 Å². The van der Waals surface area contributed by atoms with Crippen LogP contribution in [0.1, 0.15) is 33.1 Å². The van der Waals surface area contributed by atoms with Crippen molar-refractivity contribution >= 4 is 5.97 Å². The van der Waals surface area contributed by atoms with Gasteiger partial charge in [-0.25, -0.2) is 0 Å². The smallest absolute Gasteiger partial charge is 0.320 e. The third-order valence-electron chi connectivity index (χ3n) is 1.99. The molecule has 0 fully saturated rings. The van der Waals surface area contributed by atoms with Crippen molar-refractivity contribution in [2.45, 2.75) is 39.2 Å². The summed E-state index contributed by atoms with van der Waals surface area (Å²) in [5.41, 5.74) is 0. The van der Waals surface area contributed by atoms with Crippen LogP contribution in [-0.4, -0.2) is 61.9 Å². The maximum atomic E-state index is 10.6. The highest BCUT2D eigenvalue weighted by molar-refractivity contribution is 5.73. The van der Waals surface area contributed by atoms with Crippen molar-refractivity contribution in [3.05, 3.63) is 0 Å². The molecule has 1 atom stereocenters. The standard InChI is InChI=1S/C9H20N2O2.C2H6.CH4O/c1-10-8(9(12)13)6-4-5-7-11(2)3;2*1-2/h8,10H,4-7H2,1-3H3,(H,12,13);1-2H3;2H,1H3. The lowest BCUT2D eigenvalue weighted by molar-refractivity contribution is -0.139. The van der Waals surface area contributed by atoms with E-state index in [1.807, 2.05) is 27.9 Å². The van der Waals surface area contributed by atoms with Gasteiger partial charge in [0, 0.05) is 7.11 Å². The third kappa shape index (κ3) is 17.9. The zero-order chi connectivity index (χ0) is 14.3. The Morgan fingerprint density at radius 3 is 2.00 bits per heavy atom. The Morgan fingerprint density at radius 1 is 1.24 bits per heavy atom. The van der Waals surface area contributed by atoms with E-state index in [4.69, 9.17) is 10.2 Å². The molecule has 0 rings (SSSR count). The molecule has 106 valence electrons. The molecule has 0 aliphatic carbocycles. The molecule has 0 aromatic carbocycles. The molecule has 5 heteroatoms. The maximum Gasteiger partial charge on any atom is 0.320 e. The number of aliphatic carboxylic acids is 1. The predicted molar refractivity (Wildman–Crippen MR) is 72.4 cm³/mol. The fourth-order valence-electron chi connectivity index (χ4n) is 1.17. The Morgan fingerprint density at radius 2 is 1.71 bits per heavy atom. The molecule has 0 aromatic rings. The van der Waals surface area contributed by atoms with E-state index in [1.54, 1.807) is 7.05 Å². The maximum absolute atomic E-state index is 10.6. The second-order valence-electron chi connectivity index (χ2n) is 3.48. The molecule has 0 saturated carbocycles. The number of nitrogens with zero attached hydrogens (tertiary/aromatic N) is 1. The van der Waals surface area contributed by atoms with Gasteiger partial charge in [-0.15, -0.1) is 0 Å². The fraction of sp³-hybridized carbons (Fsp3) is 0.917. The largest absolute Gasteiger partial charge is 0.480 e. The molecular formula is C12H30N2O3. The first-order valence-electron chi connectivity index (χ1n) is 6.07. The van der Waals surface area contributed by atoms with Gasteiger partial charge in [0.1, 0.15) is 6.04 Å². The molecule has 0 amide bonds. The Balaban J connectivity index is -0.000000439. The van der Waals surface area contributed by atoms with Gasteiger partial charge in [0.15, 0.2) is 0 Å². The third-order valence-corrected chi connectivity index (χ3v) is 1.99. The normalized spacial score (nSPS) is 10.8. The van der Waals surface area contributed by atoms with Gasteiger partial charge >= 0.3 is 5.97 Å². The van der Waals surface area contributed by atoms with E-state index in [1.165, 1.54) is 0 Å². The van der Waals surface area contributed by atoms with Crippen LogP contribution in [0.5, 0.6) is 0 Å². The van der Waals surface area contributed by atoms with Crippen molar-refractivity contribution in [1.29, 1.82) is 0 Å². The number of likely N-dealkylation sites (N-methyl/N-ethyl adjacent to an activating group) is 1. The van der Waals surface area contributed by atoms with Gasteiger partial charge in [-0.1, -0.05) is 20.3 Å². The van der Waals surface area contributed by atoms with E-state index in [0.29, 0.717) is 6.42 Å². The van der Waals surface area contributed by atoms with E-state index < -0.39 is 5.97 Å². The highest BCUT2D eigenvalue weighted by Crippen LogP contribution is 2.01. The summed E-state index contributed by atoms with van der Waals surface area (Å²) in [6.07, 6.45) is 2.72. The molecule has 1 unspecified atom stereocenters. The zero-order valence-electron chi connectivity index (χ0n) is 12.2. The molecule has 3 N–H and O–H groups in total. The van der Waals surface area contributed by atoms with Crippen LogP contribution in [0.3, 0.4) is 0 Å². The Labute approximate surface area is 106 Å². The highest BCUT2D eigenvalue weighted by atomic mass is 16.4. The summed E-state index contributed by atoms with van der Waals surface area (Å²) in [5.74, 6) is -0.757. The van der Waals surface area contributed by atoms with Crippen LogP contribution >= 0.6 is 0 Å². The Kier molecular flexibility index (Phi) is 22.6. The van der Waals surface area contributed by atoms with E-state index in [0.717, 1.165) is 26.5 Å². The van der Waals surface area contributed by atoms with Gasteiger partial charge in [0.05, 0.1) is 0 Å². The van der Waals surface area contributed by atoms with E-state index in [2.05, 4.69) is 10.2 Å². The van der Waals surface area contributed by atoms with Crippen LogP contribution in [0.15, 0.2) is 0 Å². The monoisotopic (exact) mass is 250 g/mol. The second-order valence-corrected chi connectivity index (χ2v) is 3.48. The van der Waals surface area contributed by atoms with Crippen LogP contribution in [0.4, 0.5) is 0 Å². The van der Waals surface area contributed by atoms with Crippen LogP contribution in [0, 0.1) is 0 Å². The minimum Gasteiger partial charge on any atom is -0.480 e. The molecule has 0 radical (unpaired) electrons. The van der Waals surface area contributed by atoms with Crippen molar-refractivity contribution in [2.75, 3.05) is 34.8 Å². The Hall–Kier alpha value is -0.650. The first-order valence-corrected chi connectivity index (χ1v) is 6.07. The molecule has 0 aliphatic rings. The number of unbranched alkanes of at least 4 members (excludes halogenated alkanes) is 1. The summed E-state index contributed by atoms with van der Waals surface area (Å²) in [7, 11) is 6.73. The molecule has 17 heavy (non-hydrogen) atoms. The number of aliphatic hydroxyl groups is 1. The van der Waals surface area contributed by atoms with Gasteiger partial charge in [0.25, 0.3) is 0 Å². The average Bonchev–Trinajstić information content (AvgIpc) is 2.33. The van der Waals surface area contributed by atoms with Gasteiger partial charge in [-0.2, -0.15) is 0 Å². The first kappa shape index (κ1) is 21.6. The zero-order valence-corrected chi connectivity index (χ0v) is 12.2. The van der Waals surface area contributed by atoms with Gasteiger partial charge in [0.2, 0.25) is 0 Å². The van der Waals surface area contributed by atoms with Crippen molar-refractivity contribution in [3.8, 4) is 0 Å². The lowest BCUT2D eigenvalue weighted by atomic mass is 10.1. The molecule has 0 bridgehead atoms. The lowest BCUT2D eigenvalue weighted by Crippen LogP contribution is -2.33. The Bertz CT molecular complexity index is 153. The van der Waals surface area contributed by atoms with Crippen molar-refractivity contribution in [3.63, 3.8) is 0 Å². The summed E-state index contributed by atoms with van der Waals surface area (Å²) in [4.78, 5) is 12.7. The van der Waals surface area contributed by atoms with Gasteiger partial charge in [-0.3, -0.25) is 4.79 Å².